The maximum absolute atomic E-state index is 12.7. The SMILES string of the molecule is CC(NC(=O)COc1ccc(-c2ccccc2)cc1CN(C)C)c1cccc2ccccc12. The van der Waals surface area contributed by atoms with E-state index in [2.05, 4.69) is 52.7 Å². The first-order valence-electron chi connectivity index (χ1n) is 11.2. The summed E-state index contributed by atoms with van der Waals surface area (Å²) >= 11 is 0. The van der Waals surface area contributed by atoms with Crippen LogP contribution in [0, 0.1) is 0 Å². The van der Waals surface area contributed by atoms with Gasteiger partial charge in [0.15, 0.2) is 6.61 Å². The first-order chi connectivity index (χ1) is 16.0. The van der Waals surface area contributed by atoms with Crippen LogP contribution in [0.5, 0.6) is 5.75 Å². The third-order valence-electron chi connectivity index (χ3n) is 5.68. The number of rotatable bonds is 8. The summed E-state index contributed by atoms with van der Waals surface area (Å²) in [5.41, 5.74) is 4.44. The lowest BCUT2D eigenvalue weighted by Crippen LogP contribution is -2.31. The fourth-order valence-electron chi connectivity index (χ4n) is 4.13. The van der Waals surface area contributed by atoms with E-state index in [0.29, 0.717) is 0 Å². The van der Waals surface area contributed by atoms with Crippen molar-refractivity contribution in [1.29, 1.82) is 0 Å². The molecule has 0 spiro atoms. The second kappa shape index (κ2) is 10.3. The molecule has 0 saturated carbocycles. The highest BCUT2D eigenvalue weighted by molar-refractivity contribution is 5.87. The highest BCUT2D eigenvalue weighted by Gasteiger charge is 2.14. The van der Waals surface area contributed by atoms with E-state index >= 15 is 0 Å². The Hall–Kier alpha value is -3.63. The monoisotopic (exact) mass is 438 g/mol. The van der Waals surface area contributed by atoms with Crippen molar-refractivity contribution >= 4 is 16.7 Å². The molecule has 4 rings (SSSR count). The van der Waals surface area contributed by atoms with Gasteiger partial charge in [-0.1, -0.05) is 78.9 Å². The van der Waals surface area contributed by atoms with Gasteiger partial charge in [-0.2, -0.15) is 0 Å². The van der Waals surface area contributed by atoms with Gasteiger partial charge in [0.2, 0.25) is 0 Å². The minimum atomic E-state index is -0.140. The van der Waals surface area contributed by atoms with Crippen LogP contribution in [0.2, 0.25) is 0 Å². The molecule has 0 aliphatic carbocycles. The van der Waals surface area contributed by atoms with Crippen LogP contribution >= 0.6 is 0 Å². The molecule has 4 heteroatoms. The fraction of sp³-hybridized carbons (Fsp3) is 0.207. The molecular weight excluding hydrogens is 408 g/mol. The van der Waals surface area contributed by atoms with Crippen LogP contribution < -0.4 is 10.1 Å². The number of nitrogens with zero attached hydrogens (tertiary/aromatic N) is 1. The van der Waals surface area contributed by atoms with Crippen molar-refractivity contribution < 1.29 is 9.53 Å². The number of carbonyl (C=O) groups excluding carboxylic acids is 1. The van der Waals surface area contributed by atoms with Gasteiger partial charge in [-0.05, 0) is 60.6 Å². The average molecular weight is 439 g/mol. The molecular formula is C29H30N2O2. The van der Waals surface area contributed by atoms with Crippen LogP contribution in [0.4, 0.5) is 0 Å². The summed E-state index contributed by atoms with van der Waals surface area (Å²) in [7, 11) is 4.05. The number of benzene rings is 4. The van der Waals surface area contributed by atoms with Gasteiger partial charge in [-0.3, -0.25) is 4.79 Å². The zero-order valence-electron chi connectivity index (χ0n) is 19.4. The molecule has 33 heavy (non-hydrogen) atoms. The topological polar surface area (TPSA) is 41.6 Å². The van der Waals surface area contributed by atoms with Gasteiger partial charge in [-0.15, -0.1) is 0 Å². The lowest BCUT2D eigenvalue weighted by atomic mass is 10.00. The maximum Gasteiger partial charge on any atom is 0.258 e. The molecule has 0 saturated heterocycles. The average Bonchev–Trinajstić information content (AvgIpc) is 2.83. The summed E-state index contributed by atoms with van der Waals surface area (Å²) in [4.78, 5) is 14.8. The quantitative estimate of drug-likeness (QED) is 0.377. The summed E-state index contributed by atoms with van der Waals surface area (Å²) in [6.45, 7) is 2.70. The molecule has 1 amide bonds. The van der Waals surface area contributed by atoms with Gasteiger partial charge < -0.3 is 15.0 Å². The lowest BCUT2D eigenvalue weighted by molar-refractivity contribution is -0.123. The van der Waals surface area contributed by atoms with Crippen molar-refractivity contribution in [1.82, 2.24) is 10.2 Å². The largest absolute Gasteiger partial charge is 0.483 e. The van der Waals surface area contributed by atoms with Gasteiger partial charge in [0.25, 0.3) is 5.91 Å². The van der Waals surface area contributed by atoms with Gasteiger partial charge in [0.1, 0.15) is 5.75 Å². The van der Waals surface area contributed by atoms with Crippen molar-refractivity contribution in [3.05, 3.63) is 102 Å². The molecule has 0 heterocycles. The highest BCUT2D eigenvalue weighted by atomic mass is 16.5. The van der Waals surface area contributed by atoms with Crippen LogP contribution in [0.1, 0.15) is 24.1 Å². The molecule has 0 aliphatic heterocycles. The molecule has 0 radical (unpaired) electrons. The van der Waals surface area contributed by atoms with E-state index in [1.807, 2.05) is 69.6 Å². The molecule has 0 bridgehead atoms. The maximum atomic E-state index is 12.7. The van der Waals surface area contributed by atoms with Crippen molar-refractivity contribution in [3.63, 3.8) is 0 Å². The lowest BCUT2D eigenvalue weighted by Gasteiger charge is -2.19. The first-order valence-corrected chi connectivity index (χ1v) is 11.2. The van der Waals surface area contributed by atoms with Crippen LogP contribution in [-0.4, -0.2) is 31.5 Å². The Morgan fingerprint density at radius 2 is 1.61 bits per heavy atom. The molecule has 1 unspecified atom stereocenters. The zero-order valence-corrected chi connectivity index (χ0v) is 19.4. The molecule has 1 N–H and O–H groups in total. The molecule has 0 aliphatic rings. The molecule has 168 valence electrons. The Kier molecular flexibility index (Phi) is 7.06. The third-order valence-corrected chi connectivity index (χ3v) is 5.68. The Labute approximate surface area is 195 Å². The summed E-state index contributed by atoms with van der Waals surface area (Å²) in [6, 6.07) is 30.7. The molecule has 4 nitrogen and oxygen atoms in total. The van der Waals surface area contributed by atoms with Crippen molar-refractivity contribution in [2.24, 2.45) is 0 Å². The second-order valence-electron chi connectivity index (χ2n) is 8.57. The van der Waals surface area contributed by atoms with Crippen LogP contribution in [0.3, 0.4) is 0 Å². The molecule has 1 atom stereocenters. The number of fused-ring (bicyclic) bond motifs is 1. The first kappa shape index (κ1) is 22.6. The van der Waals surface area contributed by atoms with Gasteiger partial charge in [-0.25, -0.2) is 0 Å². The minimum absolute atomic E-state index is 0.0276. The Bertz CT molecular complexity index is 1230. The molecule has 0 fully saturated rings. The van der Waals surface area contributed by atoms with Crippen LogP contribution in [-0.2, 0) is 11.3 Å². The van der Waals surface area contributed by atoms with Gasteiger partial charge >= 0.3 is 0 Å². The molecule has 0 aromatic heterocycles. The summed E-state index contributed by atoms with van der Waals surface area (Å²) < 4.78 is 5.98. The van der Waals surface area contributed by atoms with Gasteiger partial charge in [0, 0.05) is 12.1 Å². The van der Waals surface area contributed by atoms with E-state index in [9.17, 15) is 4.79 Å². The molecule has 4 aromatic carbocycles. The summed E-state index contributed by atoms with van der Waals surface area (Å²) in [5, 5.41) is 5.40. The smallest absolute Gasteiger partial charge is 0.258 e. The number of amides is 1. The van der Waals surface area contributed by atoms with Crippen molar-refractivity contribution in [2.45, 2.75) is 19.5 Å². The van der Waals surface area contributed by atoms with E-state index in [1.165, 1.54) is 5.39 Å². The Morgan fingerprint density at radius 1 is 0.879 bits per heavy atom. The third kappa shape index (κ3) is 5.60. The number of carbonyl (C=O) groups is 1. The molecule has 4 aromatic rings. The number of hydrogen-bond acceptors (Lipinski definition) is 3. The zero-order chi connectivity index (χ0) is 23.2. The Balaban J connectivity index is 1.46. The van der Waals surface area contributed by atoms with Crippen molar-refractivity contribution in [2.75, 3.05) is 20.7 Å². The van der Waals surface area contributed by atoms with E-state index in [-0.39, 0.29) is 18.6 Å². The summed E-state index contributed by atoms with van der Waals surface area (Å²) in [6.07, 6.45) is 0. The van der Waals surface area contributed by atoms with E-state index in [4.69, 9.17) is 4.74 Å². The minimum Gasteiger partial charge on any atom is -0.483 e. The summed E-state index contributed by atoms with van der Waals surface area (Å²) in [5.74, 6) is 0.592. The Morgan fingerprint density at radius 3 is 2.39 bits per heavy atom. The van der Waals surface area contributed by atoms with E-state index < -0.39 is 0 Å². The standard InChI is InChI=1S/C29H30N2O2/c1-21(26-15-9-13-23-12-7-8-14-27(23)26)30-29(32)20-33-28-17-16-24(18-25(28)19-31(2)3)22-10-5-4-6-11-22/h4-18,21H,19-20H2,1-3H3,(H,30,32). The number of ether oxygens (including phenoxy) is 1. The van der Waals surface area contributed by atoms with Crippen LogP contribution in [0.25, 0.3) is 21.9 Å². The predicted octanol–water partition coefficient (Wildman–Crippen LogP) is 5.82. The fourth-order valence-corrected chi connectivity index (χ4v) is 4.13. The second-order valence-corrected chi connectivity index (χ2v) is 8.57. The van der Waals surface area contributed by atoms with Crippen molar-refractivity contribution in [3.8, 4) is 16.9 Å². The van der Waals surface area contributed by atoms with Gasteiger partial charge in [0.05, 0.1) is 6.04 Å². The van der Waals surface area contributed by atoms with E-state index in [0.717, 1.165) is 39.9 Å². The number of hydrogen-bond donors (Lipinski definition) is 1. The highest BCUT2D eigenvalue weighted by Crippen LogP contribution is 2.28. The van der Waals surface area contributed by atoms with E-state index in [1.54, 1.807) is 0 Å². The normalized spacial score (nSPS) is 12.0. The van der Waals surface area contributed by atoms with Crippen LogP contribution in [0.15, 0.2) is 91.0 Å². The number of nitrogens with one attached hydrogen (secondary N) is 1. The predicted molar refractivity (Wildman–Crippen MR) is 135 cm³/mol.